The molecule has 0 aromatic heterocycles. The molecule has 0 bridgehead atoms. The summed E-state index contributed by atoms with van der Waals surface area (Å²) in [7, 11) is 0. The molecule has 2 heterocycles. The van der Waals surface area contributed by atoms with Gasteiger partial charge in [-0.15, -0.1) is 0 Å². The summed E-state index contributed by atoms with van der Waals surface area (Å²) in [5.74, 6) is -2.08. The first-order valence-corrected chi connectivity index (χ1v) is 9.95. The zero-order chi connectivity index (χ0) is 21.7. The Morgan fingerprint density at radius 3 is 2.43 bits per heavy atom. The number of anilines is 1. The van der Waals surface area contributed by atoms with Crippen LogP contribution in [-0.4, -0.2) is 58.9 Å². The second-order valence-electron chi connectivity index (χ2n) is 7.28. The third kappa shape index (κ3) is 4.76. The largest absolute Gasteiger partial charge is 0.465 e. The second-order valence-corrected chi connectivity index (χ2v) is 7.28. The topological polar surface area (TPSA) is 145 Å². The Balaban J connectivity index is 1.52. The maximum absolute atomic E-state index is 12.8. The molecule has 1 saturated heterocycles. The molecule has 2 aliphatic heterocycles. The van der Waals surface area contributed by atoms with Gasteiger partial charge >= 0.3 is 6.09 Å². The van der Waals surface area contributed by atoms with E-state index >= 15 is 0 Å². The van der Waals surface area contributed by atoms with Gasteiger partial charge in [0.05, 0.1) is 11.1 Å². The number of piperidine rings is 1. The van der Waals surface area contributed by atoms with Crippen molar-refractivity contribution < 1.29 is 29.1 Å². The van der Waals surface area contributed by atoms with Crippen molar-refractivity contribution in [3.05, 3.63) is 29.3 Å². The number of benzene rings is 1. The lowest BCUT2D eigenvalue weighted by atomic mass is 10.0. The van der Waals surface area contributed by atoms with Gasteiger partial charge in [0.1, 0.15) is 6.04 Å². The highest BCUT2D eigenvalue weighted by Crippen LogP contribution is 2.29. The summed E-state index contributed by atoms with van der Waals surface area (Å²) in [5.41, 5.74) is 1.20. The van der Waals surface area contributed by atoms with Crippen molar-refractivity contribution in [1.29, 1.82) is 0 Å². The van der Waals surface area contributed by atoms with Crippen molar-refractivity contribution in [3.63, 3.8) is 0 Å². The highest BCUT2D eigenvalue weighted by Gasteiger charge is 2.44. The van der Waals surface area contributed by atoms with Gasteiger partial charge in [-0.05, 0) is 37.5 Å². The van der Waals surface area contributed by atoms with Crippen LogP contribution in [0.3, 0.4) is 0 Å². The van der Waals surface area contributed by atoms with Gasteiger partial charge in [-0.1, -0.05) is 12.8 Å². The van der Waals surface area contributed by atoms with E-state index in [0.717, 1.165) is 30.6 Å². The Morgan fingerprint density at radius 2 is 1.73 bits per heavy atom. The molecule has 3 rings (SSSR count). The first-order valence-electron chi connectivity index (χ1n) is 9.95. The van der Waals surface area contributed by atoms with E-state index in [0.29, 0.717) is 18.8 Å². The van der Waals surface area contributed by atoms with Gasteiger partial charge in [0.2, 0.25) is 11.8 Å². The quantitative estimate of drug-likeness (QED) is 0.351. The fourth-order valence-electron chi connectivity index (χ4n) is 3.61. The lowest BCUT2D eigenvalue weighted by molar-refractivity contribution is -0.136. The first kappa shape index (κ1) is 21.3. The SMILES string of the molecule is O=C(O)NCCCCCCNc1ccc2c(c1)C(=O)N(C1CCC(=O)NC1=O)C2=O. The fourth-order valence-corrected chi connectivity index (χ4v) is 3.61. The third-order valence-corrected chi connectivity index (χ3v) is 5.15. The molecule has 1 atom stereocenters. The third-order valence-electron chi connectivity index (χ3n) is 5.15. The molecule has 5 amide bonds. The van der Waals surface area contributed by atoms with Crippen LogP contribution in [0.2, 0.25) is 0 Å². The molecule has 10 nitrogen and oxygen atoms in total. The standard InChI is InChI=1S/C20H24N4O6/c25-16-8-7-15(17(26)23-16)24-18(27)13-6-5-12(11-14(13)19(24)28)21-9-3-1-2-4-10-22-20(29)30/h5-6,11,15,21-22H,1-4,7-10H2,(H,29,30)(H,23,25,26). The summed E-state index contributed by atoms with van der Waals surface area (Å²) in [6.07, 6.45) is 2.68. The fraction of sp³-hybridized carbons (Fsp3) is 0.450. The van der Waals surface area contributed by atoms with E-state index in [1.807, 2.05) is 0 Å². The van der Waals surface area contributed by atoms with Gasteiger partial charge in [-0.2, -0.15) is 0 Å². The molecule has 160 valence electrons. The predicted octanol–water partition coefficient (Wildman–Crippen LogP) is 1.33. The number of imide groups is 2. The molecule has 1 fully saturated rings. The molecule has 1 unspecified atom stereocenters. The highest BCUT2D eigenvalue weighted by molar-refractivity contribution is 6.23. The number of carboxylic acid groups (broad SMARTS) is 1. The molecule has 10 heteroatoms. The molecule has 1 aromatic carbocycles. The van der Waals surface area contributed by atoms with Crippen molar-refractivity contribution >= 4 is 35.4 Å². The number of fused-ring (bicyclic) bond motifs is 1. The normalized spacial score (nSPS) is 18.3. The molecular weight excluding hydrogens is 392 g/mol. The number of hydrogen-bond acceptors (Lipinski definition) is 6. The zero-order valence-corrected chi connectivity index (χ0v) is 16.4. The van der Waals surface area contributed by atoms with E-state index in [4.69, 9.17) is 5.11 Å². The van der Waals surface area contributed by atoms with Crippen molar-refractivity contribution in [2.24, 2.45) is 0 Å². The van der Waals surface area contributed by atoms with Crippen LogP contribution in [0.1, 0.15) is 59.2 Å². The average molecular weight is 416 g/mol. The van der Waals surface area contributed by atoms with Crippen LogP contribution >= 0.6 is 0 Å². The van der Waals surface area contributed by atoms with Gasteiger partial charge in [0, 0.05) is 25.2 Å². The zero-order valence-electron chi connectivity index (χ0n) is 16.4. The van der Waals surface area contributed by atoms with Crippen LogP contribution in [0.25, 0.3) is 0 Å². The van der Waals surface area contributed by atoms with Crippen LogP contribution in [0.5, 0.6) is 0 Å². The van der Waals surface area contributed by atoms with Gasteiger partial charge in [0.15, 0.2) is 0 Å². The van der Waals surface area contributed by atoms with Crippen molar-refractivity contribution in [3.8, 4) is 0 Å². The minimum Gasteiger partial charge on any atom is -0.465 e. The molecular formula is C20H24N4O6. The Labute approximate surface area is 173 Å². The molecule has 0 aliphatic carbocycles. The van der Waals surface area contributed by atoms with E-state index in [2.05, 4.69) is 16.0 Å². The Hall–Kier alpha value is -3.43. The molecule has 30 heavy (non-hydrogen) atoms. The van der Waals surface area contributed by atoms with Gasteiger partial charge in [-0.25, -0.2) is 4.79 Å². The van der Waals surface area contributed by atoms with Gasteiger partial charge in [0.25, 0.3) is 11.8 Å². The van der Waals surface area contributed by atoms with E-state index in [9.17, 15) is 24.0 Å². The maximum atomic E-state index is 12.8. The maximum Gasteiger partial charge on any atom is 0.404 e. The summed E-state index contributed by atoms with van der Waals surface area (Å²) in [6.45, 7) is 1.11. The van der Waals surface area contributed by atoms with Crippen molar-refractivity contribution in [1.82, 2.24) is 15.5 Å². The number of nitrogens with one attached hydrogen (secondary N) is 3. The molecule has 0 spiro atoms. The Bertz CT molecular complexity index is 884. The first-order chi connectivity index (χ1) is 14.4. The summed E-state index contributed by atoms with van der Waals surface area (Å²) in [4.78, 5) is 60.1. The predicted molar refractivity (Wildman–Crippen MR) is 106 cm³/mol. The molecule has 0 saturated carbocycles. The van der Waals surface area contributed by atoms with Crippen LogP contribution in [0, 0.1) is 0 Å². The van der Waals surface area contributed by atoms with Crippen LogP contribution in [-0.2, 0) is 9.59 Å². The summed E-state index contributed by atoms with van der Waals surface area (Å²) >= 11 is 0. The monoisotopic (exact) mass is 416 g/mol. The lowest BCUT2D eigenvalue weighted by Gasteiger charge is -2.27. The number of amides is 5. The van der Waals surface area contributed by atoms with Crippen LogP contribution in [0.4, 0.5) is 10.5 Å². The average Bonchev–Trinajstić information content (AvgIpc) is 2.94. The summed E-state index contributed by atoms with van der Waals surface area (Å²) in [6, 6.07) is 3.93. The van der Waals surface area contributed by atoms with Crippen LogP contribution in [0.15, 0.2) is 18.2 Å². The highest BCUT2D eigenvalue weighted by atomic mass is 16.4. The number of hydrogen-bond donors (Lipinski definition) is 4. The van der Waals surface area contributed by atoms with E-state index in [-0.39, 0.29) is 24.0 Å². The summed E-state index contributed by atoms with van der Waals surface area (Å²) < 4.78 is 0. The summed E-state index contributed by atoms with van der Waals surface area (Å²) in [5, 5.41) is 16.2. The minimum absolute atomic E-state index is 0.0863. The van der Waals surface area contributed by atoms with Crippen LogP contribution < -0.4 is 16.0 Å². The molecule has 4 N–H and O–H groups in total. The smallest absolute Gasteiger partial charge is 0.404 e. The number of rotatable bonds is 9. The molecule has 0 radical (unpaired) electrons. The van der Waals surface area contributed by atoms with E-state index in [1.165, 1.54) is 0 Å². The lowest BCUT2D eigenvalue weighted by Crippen LogP contribution is -2.54. The molecule has 2 aliphatic rings. The van der Waals surface area contributed by atoms with Crippen molar-refractivity contribution in [2.45, 2.75) is 44.6 Å². The minimum atomic E-state index is -1.02. The van der Waals surface area contributed by atoms with E-state index < -0.39 is 35.8 Å². The number of carbonyl (C=O) groups is 5. The van der Waals surface area contributed by atoms with Crippen molar-refractivity contribution in [2.75, 3.05) is 18.4 Å². The molecule has 1 aromatic rings. The van der Waals surface area contributed by atoms with Gasteiger partial charge < -0.3 is 15.7 Å². The Morgan fingerprint density at radius 1 is 1.03 bits per heavy atom. The van der Waals surface area contributed by atoms with E-state index in [1.54, 1.807) is 18.2 Å². The number of carbonyl (C=O) groups excluding carboxylic acids is 4. The van der Waals surface area contributed by atoms with Gasteiger partial charge in [-0.3, -0.25) is 29.4 Å². The second kappa shape index (κ2) is 9.38. The Kier molecular flexibility index (Phi) is 6.65. The number of unbranched alkanes of at least 4 members (excludes halogenated alkanes) is 3. The number of nitrogens with zero attached hydrogens (tertiary/aromatic N) is 1.